The van der Waals surface area contributed by atoms with Crippen molar-refractivity contribution >= 4 is 23.6 Å². The largest absolute Gasteiger partial charge is 0.487 e. The zero-order valence-corrected chi connectivity index (χ0v) is 18.7. The summed E-state index contributed by atoms with van der Waals surface area (Å²) >= 11 is 1.62. The van der Waals surface area contributed by atoms with Crippen LogP contribution in [0.5, 0.6) is 5.75 Å². The number of carboxylic acids is 1. The van der Waals surface area contributed by atoms with Gasteiger partial charge in [0.1, 0.15) is 12.4 Å². The van der Waals surface area contributed by atoms with Crippen molar-refractivity contribution < 1.29 is 19.4 Å². The Hall–Kier alpha value is -3.32. The molecule has 2 N–H and O–H groups in total. The van der Waals surface area contributed by atoms with Gasteiger partial charge in [-0.25, -0.2) is 0 Å². The topological polar surface area (TPSA) is 88.5 Å². The molecular weight excluding hydrogens is 424 g/mol. The van der Waals surface area contributed by atoms with Crippen molar-refractivity contribution in [2.75, 3.05) is 12.0 Å². The zero-order valence-electron chi connectivity index (χ0n) is 17.9. The molecule has 6 nitrogen and oxygen atoms in total. The summed E-state index contributed by atoms with van der Waals surface area (Å²) < 4.78 is 5.81. The molecule has 0 saturated heterocycles. The summed E-state index contributed by atoms with van der Waals surface area (Å²) in [4.78, 5) is 28.4. The highest BCUT2D eigenvalue weighted by atomic mass is 32.2. The lowest BCUT2D eigenvalue weighted by atomic mass is 9.96. The maximum atomic E-state index is 13.1. The molecule has 3 rings (SSSR count). The van der Waals surface area contributed by atoms with E-state index in [1.165, 1.54) is 0 Å². The Labute approximate surface area is 192 Å². The molecule has 0 aliphatic heterocycles. The van der Waals surface area contributed by atoms with Gasteiger partial charge in [0.05, 0.1) is 12.6 Å². The van der Waals surface area contributed by atoms with Gasteiger partial charge in [-0.15, -0.1) is 0 Å². The minimum atomic E-state index is -0.928. The number of pyridine rings is 1. The molecule has 0 aliphatic rings. The molecule has 1 amide bonds. The van der Waals surface area contributed by atoms with Crippen LogP contribution in [0.25, 0.3) is 11.1 Å². The number of rotatable bonds is 11. The summed E-state index contributed by atoms with van der Waals surface area (Å²) in [5, 5.41) is 12.1. The maximum Gasteiger partial charge on any atom is 0.305 e. The molecule has 2 aromatic carbocycles. The Morgan fingerprint density at radius 2 is 1.94 bits per heavy atom. The fourth-order valence-corrected chi connectivity index (χ4v) is 3.81. The third kappa shape index (κ3) is 6.85. The maximum absolute atomic E-state index is 13.1. The lowest BCUT2D eigenvalue weighted by molar-refractivity contribution is -0.137. The van der Waals surface area contributed by atoms with Crippen LogP contribution >= 0.6 is 11.8 Å². The number of nitrogens with one attached hydrogen (secondary N) is 1. The van der Waals surface area contributed by atoms with Gasteiger partial charge in [-0.3, -0.25) is 14.6 Å². The first kappa shape index (κ1) is 23.3. The SMILES string of the molecule is CSCC[C@@H](CC(=O)O)NC(=O)c1ccc(COc2cccnc2)cc1-c1ccccc1. The van der Waals surface area contributed by atoms with Crippen LogP contribution in [-0.4, -0.2) is 40.0 Å². The number of aromatic nitrogens is 1. The molecule has 0 radical (unpaired) electrons. The normalized spacial score (nSPS) is 11.5. The number of aliphatic carboxylic acids is 1. The second-order valence-electron chi connectivity index (χ2n) is 7.27. The molecule has 1 aromatic heterocycles. The first-order chi connectivity index (χ1) is 15.6. The molecule has 0 aliphatic carbocycles. The van der Waals surface area contributed by atoms with Crippen LogP contribution in [0.4, 0.5) is 0 Å². The van der Waals surface area contributed by atoms with Gasteiger partial charge in [0.25, 0.3) is 5.91 Å². The van der Waals surface area contributed by atoms with Crippen LogP contribution in [0.2, 0.25) is 0 Å². The molecule has 1 atom stereocenters. The van der Waals surface area contributed by atoms with Crippen LogP contribution in [0, 0.1) is 0 Å². The first-order valence-electron chi connectivity index (χ1n) is 10.3. The van der Waals surface area contributed by atoms with E-state index in [0.29, 0.717) is 24.3 Å². The number of benzene rings is 2. The van der Waals surface area contributed by atoms with Crippen molar-refractivity contribution in [2.24, 2.45) is 0 Å². The van der Waals surface area contributed by atoms with Crippen molar-refractivity contribution in [3.05, 3.63) is 84.2 Å². The number of thioether (sulfide) groups is 1. The molecule has 166 valence electrons. The highest BCUT2D eigenvalue weighted by molar-refractivity contribution is 7.98. The molecule has 7 heteroatoms. The summed E-state index contributed by atoms with van der Waals surface area (Å²) in [6.45, 7) is 0.336. The smallest absolute Gasteiger partial charge is 0.305 e. The highest BCUT2D eigenvalue weighted by Crippen LogP contribution is 2.26. The van der Waals surface area contributed by atoms with E-state index >= 15 is 0 Å². The molecule has 32 heavy (non-hydrogen) atoms. The number of hydrogen-bond acceptors (Lipinski definition) is 5. The van der Waals surface area contributed by atoms with Crippen molar-refractivity contribution in [3.63, 3.8) is 0 Å². The highest BCUT2D eigenvalue weighted by Gasteiger charge is 2.20. The van der Waals surface area contributed by atoms with Crippen molar-refractivity contribution in [3.8, 4) is 16.9 Å². The molecule has 0 unspecified atom stereocenters. The van der Waals surface area contributed by atoms with Crippen LogP contribution in [0.1, 0.15) is 28.8 Å². The quantitative estimate of drug-likeness (QED) is 0.442. The van der Waals surface area contributed by atoms with E-state index in [9.17, 15) is 14.7 Å². The van der Waals surface area contributed by atoms with Gasteiger partial charge in [0.15, 0.2) is 0 Å². The van der Waals surface area contributed by atoms with Gasteiger partial charge in [-0.1, -0.05) is 36.4 Å². The predicted molar refractivity (Wildman–Crippen MR) is 127 cm³/mol. The van der Waals surface area contributed by atoms with Gasteiger partial charge in [0.2, 0.25) is 0 Å². The fraction of sp³-hybridized carbons (Fsp3) is 0.240. The molecule has 1 heterocycles. The number of carboxylic acid groups (broad SMARTS) is 1. The summed E-state index contributed by atoms with van der Waals surface area (Å²) in [6.07, 6.45) is 5.78. The van der Waals surface area contributed by atoms with E-state index in [1.807, 2.05) is 60.9 Å². The minimum Gasteiger partial charge on any atom is -0.487 e. The van der Waals surface area contributed by atoms with E-state index in [2.05, 4.69) is 10.3 Å². The Morgan fingerprint density at radius 3 is 2.62 bits per heavy atom. The third-order valence-electron chi connectivity index (χ3n) is 4.88. The summed E-state index contributed by atoms with van der Waals surface area (Å²) in [6, 6.07) is 18.4. The predicted octanol–water partition coefficient (Wildman–Crippen LogP) is 4.65. The lowest BCUT2D eigenvalue weighted by Gasteiger charge is -2.18. The fourth-order valence-electron chi connectivity index (χ4n) is 3.29. The average Bonchev–Trinajstić information content (AvgIpc) is 2.82. The monoisotopic (exact) mass is 450 g/mol. The molecule has 0 saturated carbocycles. The number of ether oxygens (including phenoxy) is 1. The number of hydrogen-bond donors (Lipinski definition) is 2. The average molecular weight is 451 g/mol. The molecule has 0 bridgehead atoms. The Morgan fingerprint density at radius 1 is 1.12 bits per heavy atom. The Balaban J connectivity index is 1.85. The molecule has 0 fully saturated rings. The second kappa shape index (κ2) is 11.9. The van der Waals surface area contributed by atoms with Gasteiger partial charge in [-0.2, -0.15) is 11.8 Å². The molecule has 3 aromatic rings. The Kier molecular flexibility index (Phi) is 8.69. The summed E-state index contributed by atoms with van der Waals surface area (Å²) in [5.41, 5.74) is 3.09. The first-order valence-corrected chi connectivity index (χ1v) is 11.7. The van der Waals surface area contributed by atoms with E-state index < -0.39 is 12.0 Å². The van der Waals surface area contributed by atoms with Gasteiger partial charge in [0, 0.05) is 17.8 Å². The molecule has 0 spiro atoms. The van der Waals surface area contributed by atoms with Crippen molar-refractivity contribution in [1.82, 2.24) is 10.3 Å². The minimum absolute atomic E-state index is 0.107. The summed E-state index contributed by atoms with van der Waals surface area (Å²) in [5.74, 6) is 0.230. The lowest BCUT2D eigenvalue weighted by Crippen LogP contribution is -2.37. The number of carbonyl (C=O) groups is 2. The van der Waals surface area contributed by atoms with E-state index in [4.69, 9.17) is 4.74 Å². The number of amides is 1. The molecular formula is C25H26N2O4S. The number of nitrogens with zero attached hydrogens (tertiary/aromatic N) is 1. The van der Waals surface area contributed by atoms with Crippen molar-refractivity contribution in [1.29, 1.82) is 0 Å². The van der Waals surface area contributed by atoms with E-state index in [-0.39, 0.29) is 12.3 Å². The third-order valence-corrected chi connectivity index (χ3v) is 5.52. The van der Waals surface area contributed by atoms with Crippen LogP contribution in [0.3, 0.4) is 0 Å². The Bertz CT molecular complexity index is 1030. The zero-order chi connectivity index (χ0) is 22.8. The van der Waals surface area contributed by atoms with Gasteiger partial charge < -0.3 is 15.2 Å². The second-order valence-corrected chi connectivity index (χ2v) is 8.26. The van der Waals surface area contributed by atoms with E-state index in [1.54, 1.807) is 30.2 Å². The van der Waals surface area contributed by atoms with Crippen LogP contribution in [-0.2, 0) is 11.4 Å². The van der Waals surface area contributed by atoms with Gasteiger partial charge in [-0.05, 0) is 59.4 Å². The van der Waals surface area contributed by atoms with Crippen LogP contribution in [0.15, 0.2) is 73.1 Å². The standard InChI is InChI=1S/C25H26N2O4S/c1-32-13-11-20(15-24(28)29)27-25(30)22-10-9-18(17-31-21-8-5-12-26-16-21)14-23(22)19-6-3-2-4-7-19/h2-10,12,14,16,20H,11,13,15,17H2,1H3,(H,27,30)(H,28,29)/t20-/m0/s1. The van der Waals surface area contributed by atoms with Crippen LogP contribution < -0.4 is 10.1 Å². The number of carbonyl (C=O) groups excluding carboxylic acids is 1. The summed E-state index contributed by atoms with van der Waals surface area (Å²) in [7, 11) is 0. The van der Waals surface area contributed by atoms with Crippen molar-refractivity contribution in [2.45, 2.75) is 25.5 Å². The van der Waals surface area contributed by atoms with Gasteiger partial charge >= 0.3 is 5.97 Å². The van der Waals surface area contributed by atoms with E-state index in [0.717, 1.165) is 22.4 Å².